The molecule has 0 nitrogen and oxygen atoms in total. The van der Waals surface area contributed by atoms with Gasteiger partial charge in [0.25, 0.3) is 0 Å². The molecule has 0 saturated carbocycles. The minimum absolute atomic E-state index is 0.522. The van der Waals surface area contributed by atoms with Crippen LogP contribution in [0.15, 0.2) is 12.7 Å². The highest BCUT2D eigenvalue weighted by molar-refractivity contribution is 7.75. The van der Waals surface area contributed by atoms with Crippen LogP contribution in [0.3, 0.4) is 0 Å². The van der Waals surface area contributed by atoms with Crippen molar-refractivity contribution >= 4 is 7.26 Å². The fourth-order valence-corrected chi connectivity index (χ4v) is 6.13. The number of hydrogen-bond acceptors (Lipinski definition) is 0. The second-order valence-electron chi connectivity index (χ2n) is 5.92. The maximum absolute atomic E-state index is 3.77. The standard InChI is InChI=1S/C18H38P/c1-5-9-10-11-12-13-14-15-16-17-18-19(6-2,7-3)8-4/h5H,1,6-18H2,2-4H3/q+1. The van der Waals surface area contributed by atoms with Gasteiger partial charge in [0.2, 0.25) is 0 Å². The Kier molecular flexibility index (Phi) is 13.3. The van der Waals surface area contributed by atoms with E-state index in [9.17, 15) is 0 Å². The normalized spacial score (nSPS) is 11.7. The van der Waals surface area contributed by atoms with Crippen LogP contribution in [0.2, 0.25) is 0 Å². The van der Waals surface area contributed by atoms with Gasteiger partial charge in [0.05, 0.1) is 24.6 Å². The minimum atomic E-state index is -0.522. The van der Waals surface area contributed by atoms with Crippen LogP contribution in [-0.4, -0.2) is 24.6 Å². The monoisotopic (exact) mass is 285 g/mol. The average Bonchev–Trinajstić information content (AvgIpc) is 2.46. The highest BCUT2D eigenvalue weighted by Crippen LogP contribution is 2.58. The van der Waals surface area contributed by atoms with E-state index in [1.807, 2.05) is 6.08 Å². The lowest BCUT2D eigenvalue weighted by atomic mass is 10.1. The molecule has 0 heterocycles. The summed E-state index contributed by atoms with van der Waals surface area (Å²) in [6.45, 7) is 11.0. The molecule has 0 N–H and O–H groups in total. The molecule has 0 aliphatic rings. The topological polar surface area (TPSA) is 0 Å². The van der Waals surface area contributed by atoms with Gasteiger partial charge in [-0.05, 0) is 46.5 Å². The van der Waals surface area contributed by atoms with Crippen LogP contribution >= 0.6 is 7.26 Å². The van der Waals surface area contributed by atoms with Crippen LogP contribution in [-0.2, 0) is 0 Å². The lowest BCUT2D eigenvalue weighted by molar-refractivity contribution is 0.578. The van der Waals surface area contributed by atoms with Gasteiger partial charge >= 0.3 is 0 Å². The van der Waals surface area contributed by atoms with Crippen molar-refractivity contribution in [1.82, 2.24) is 0 Å². The third kappa shape index (κ3) is 9.67. The first-order chi connectivity index (χ1) is 9.24. The lowest BCUT2D eigenvalue weighted by Gasteiger charge is -2.23. The van der Waals surface area contributed by atoms with Crippen LogP contribution in [0.25, 0.3) is 0 Å². The molecule has 0 saturated heterocycles. The number of allylic oxidation sites excluding steroid dienone is 1. The predicted molar refractivity (Wildman–Crippen MR) is 95.2 cm³/mol. The molecule has 0 aromatic carbocycles. The van der Waals surface area contributed by atoms with Gasteiger partial charge in [0.1, 0.15) is 0 Å². The Hall–Kier alpha value is 0.170. The van der Waals surface area contributed by atoms with Crippen molar-refractivity contribution in [2.45, 2.75) is 78.6 Å². The van der Waals surface area contributed by atoms with E-state index in [0.717, 1.165) is 0 Å². The third-order valence-electron chi connectivity index (χ3n) is 4.80. The van der Waals surface area contributed by atoms with Crippen molar-refractivity contribution in [2.24, 2.45) is 0 Å². The highest BCUT2D eigenvalue weighted by atomic mass is 31.2. The van der Waals surface area contributed by atoms with E-state index >= 15 is 0 Å². The van der Waals surface area contributed by atoms with E-state index in [-0.39, 0.29) is 0 Å². The molecular formula is C18H38P+. The Balaban J connectivity index is 3.37. The Labute approximate surface area is 123 Å². The second kappa shape index (κ2) is 13.2. The summed E-state index contributed by atoms with van der Waals surface area (Å²) in [7, 11) is -0.522. The van der Waals surface area contributed by atoms with E-state index in [1.165, 1.54) is 76.3 Å². The number of rotatable bonds is 14. The van der Waals surface area contributed by atoms with Crippen molar-refractivity contribution in [1.29, 1.82) is 0 Å². The molecular weight excluding hydrogens is 247 g/mol. The molecule has 0 amide bonds. The summed E-state index contributed by atoms with van der Waals surface area (Å²) in [5.41, 5.74) is 0. The SMILES string of the molecule is C=CCCCCCCCCCC[P+](CC)(CC)CC. The molecule has 0 radical (unpaired) electrons. The van der Waals surface area contributed by atoms with Crippen LogP contribution in [0.4, 0.5) is 0 Å². The predicted octanol–water partition coefficient (Wildman–Crippen LogP) is 6.76. The highest BCUT2D eigenvalue weighted by Gasteiger charge is 2.29. The van der Waals surface area contributed by atoms with E-state index < -0.39 is 7.26 Å². The largest absolute Gasteiger partial charge is 0.103 e. The van der Waals surface area contributed by atoms with Crippen LogP contribution in [0.1, 0.15) is 78.6 Å². The summed E-state index contributed by atoms with van der Waals surface area (Å²) in [6.07, 6.45) is 20.8. The molecule has 0 aromatic rings. The zero-order valence-corrected chi connectivity index (χ0v) is 14.8. The summed E-state index contributed by atoms with van der Waals surface area (Å²) in [4.78, 5) is 0. The van der Waals surface area contributed by atoms with Gasteiger partial charge in [-0.3, -0.25) is 0 Å². The Bertz CT molecular complexity index is 186. The van der Waals surface area contributed by atoms with Crippen molar-refractivity contribution in [3.05, 3.63) is 12.7 Å². The van der Waals surface area contributed by atoms with Gasteiger partial charge in [-0.25, -0.2) is 0 Å². The van der Waals surface area contributed by atoms with Gasteiger partial charge < -0.3 is 0 Å². The Morgan fingerprint density at radius 2 is 1.11 bits per heavy atom. The summed E-state index contributed by atoms with van der Waals surface area (Å²) in [5.74, 6) is 0. The molecule has 0 unspecified atom stereocenters. The van der Waals surface area contributed by atoms with E-state index in [0.29, 0.717) is 0 Å². The maximum atomic E-state index is 3.77. The third-order valence-corrected chi connectivity index (χ3v) is 10.1. The fraction of sp³-hybridized carbons (Fsp3) is 0.889. The molecule has 0 bridgehead atoms. The Morgan fingerprint density at radius 3 is 1.53 bits per heavy atom. The van der Waals surface area contributed by atoms with Gasteiger partial charge in [0.15, 0.2) is 0 Å². The van der Waals surface area contributed by atoms with E-state index in [1.54, 1.807) is 6.16 Å². The zero-order chi connectivity index (χ0) is 14.4. The van der Waals surface area contributed by atoms with Crippen molar-refractivity contribution in [2.75, 3.05) is 24.6 Å². The molecule has 0 atom stereocenters. The van der Waals surface area contributed by atoms with Crippen molar-refractivity contribution in [3.63, 3.8) is 0 Å². The van der Waals surface area contributed by atoms with E-state index in [4.69, 9.17) is 0 Å². The molecule has 0 aromatic heterocycles. The lowest BCUT2D eigenvalue weighted by Crippen LogP contribution is -2.07. The van der Waals surface area contributed by atoms with Gasteiger partial charge in [-0.15, -0.1) is 6.58 Å². The summed E-state index contributed by atoms with van der Waals surface area (Å²) in [5, 5.41) is 0. The summed E-state index contributed by atoms with van der Waals surface area (Å²) in [6, 6.07) is 0. The first-order valence-electron chi connectivity index (χ1n) is 8.70. The second-order valence-corrected chi connectivity index (χ2v) is 10.9. The van der Waals surface area contributed by atoms with E-state index in [2.05, 4.69) is 27.4 Å². The number of hydrogen-bond donors (Lipinski definition) is 0. The molecule has 114 valence electrons. The summed E-state index contributed by atoms with van der Waals surface area (Å²) >= 11 is 0. The first-order valence-corrected chi connectivity index (χ1v) is 11.2. The van der Waals surface area contributed by atoms with Gasteiger partial charge in [-0.1, -0.05) is 38.2 Å². The molecule has 0 spiro atoms. The molecule has 0 aliphatic carbocycles. The maximum Gasteiger partial charge on any atom is 0.0594 e. The molecule has 19 heavy (non-hydrogen) atoms. The minimum Gasteiger partial charge on any atom is -0.103 e. The molecule has 0 aliphatic heterocycles. The first kappa shape index (κ1) is 19.2. The van der Waals surface area contributed by atoms with Gasteiger partial charge in [0, 0.05) is 7.26 Å². The van der Waals surface area contributed by atoms with Gasteiger partial charge in [-0.2, -0.15) is 0 Å². The molecule has 1 heteroatoms. The fourth-order valence-electron chi connectivity index (χ4n) is 2.94. The van der Waals surface area contributed by atoms with Crippen LogP contribution < -0.4 is 0 Å². The molecule has 0 rings (SSSR count). The zero-order valence-electron chi connectivity index (χ0n) is 13.9. The smallest absolute Gasteiger partial charge is 0.0594 e. The Morgan fingerprint density at radius 1 is 0.684 bits per heavy atom. The van der Waals surface area contributed by atoms with Crippen molar-refractivity contribution in [3.8, 4) is 0 Å². The van der Waals surface area contributed by atoms with Crippen molar-refractivity contribution < 1.29 is 0 Å². The number of unbranched alkanes of at least 4 members (excludes halogenated alkanes) is 8. The average molecular weight is 285 g/mol. The van der Waals surface area contributed by atoms with Crippen LogP contribution in [0.5, 0.6) is 0 Å². The summed E-state index contributed by atoms with van der Waals surface area (Å²) < 4.78 is 0. The quantitative estimate of drug-likeness (QED) is 0.188. The molecule has 0 fully saturated rings. The van der Waals surface area contributed by atoms with Crippen LogP contribution in [0, 0.1) is 0 Å².